The van der Waals surface area contributed by atoms with Crippen LogP contribution >= 0.6 is 0 Å². The fourth-order valence-corrected chi connectivity index (χ4v) is 1.11. The third-order valence-corrected chi connectivity index (χ3v) is 2.48. The van der Waals surface area contributed by atoms with Crippen molar-refractivity contribution in [2.75, 3.05) is 13.6 Å². The number of hydrogen-bond acceptors (Lipinski definition) is 2. The van der Waals surface area contributed by atoms with Crippen molar-refractivity contribution in [2.24, 2.45) is 0 Å². The molecule has 1 rings (SSSR count). The summed E-state index contributed by atoms with van der Waals surface area (Å²) in [6, 6.07) is 1.90. The Bertz CT molecular complexity index is 422. The van der Waals surface area contributed by atoms with Gasteiger partial charge in [-0.25, -0.2) is 10.1 Å². The standard InChI is InChI=1S/C12H13N3/c1-9(5-6-11-8-15(11)4)10(2)12(7-13)14-3/h5-6H,8H2,1-2,4H3/b9-5+,11-6?,12-10+. The molecule has 0 N–H and O–H groups in total. The van der Waals surface area contributed by atoms with E-state index in [1.165, 1.54) is 5.70 Å². The SMILES string of the molecule is [C-]#[N+]/C(C#N)=C(C)/C(C)=C/C=C1CN1C. The van der Waals surface area contributed by atoms with Gasteiger partial charge in [0, 0.05) is 12.7 Å². The second-order valence-electron chi connectivity index (χ2n) is 3.56. The molecule has 1 heterocycles. The van der Waals surface area contributed by atoms with Crippen LogP contribution in [0, 0.1) is 17.9 Å². The Morgan fingerprint density at radius 3 is 2.60 bits per heavy atom. The maximum atomic E-state index is 8.70. The Kier molecular flexibility index (Phi) is 3.31. The van der Waals surface area contributed by atoms with Crippen LogP contribution in [0.4, 0.5) is 0 Å². The van der Waals surface area contributed by atoms with Gasteiger partial charge in [0.25, 0.3) is 5.70 Å². The van der Waals surface area contributed by atoms with E-state index in [-0.39, 0.29) is 5.70 Å². The number of rotatable bonds is 2. The highest BCUT2D eigenvalue weighted by Crippen LogP contribution is 2.20. The Balaban J connectivity index is 2.87. The van der Waals surface area contributed by atoms with Crippen LogP contribution in [0.15, 0.2) is 34.7 Å². The predicted molar refractivity (Wildman–Crippen MR) is 59.4 cm³/mol. The molecular weight excluding hydrogens is 186 g/mol. The monoisotopic (exact) mass is 199 g/mol. The van der Waals surface area contributed by atoms with Gasteiger partial charge in [-0.15, -0.1) is 0 Å². The molecular formula is C12H13N3. The van der Waals surface area contributed by atoms with Crippen LogP contribution in [-0.2, 0) is 0 Å². The summed E-state index contributed by atoms with van der Waals surface area (Å²) in [6.07, 6.45) is 3.98. The summed E-state index contributed by atoms with van der Waals surface area (Å²) in [6.45, 7) is 11.6. The van der Waals surface area contributed by atoms with E-state index >= 15 is 0 Å². The molecule has 0 atom stereocenters. The Labute approximate surface area is 90.4 Å². The molecule has 76 valence electrons. The van der Waals surface area contributed by atoms with Gasteiger partial charge in [-0.3, -0.25) is 0 Å². The van der Waals surface area contributed by atoms with E-state index in [1.807, 2.05) is 32.2 Å². The van der Waals surface area contributed by atoms with E-state index in [0.29, 0.717) is 0 Å². The van der Waals surface area contributed by atoms with Gasteiger partial charge >= 0.3 is 0 Å². The molecule has 0 aromatic rings. The molecule has 0 aromatic carbocycles. The van der Waals surface area contributed by atoms with Gasteiger partial charge in [0.15, 0.2) is 0 Å². The molecule has 0 saturated carbocycles. The molecule has 15 heavy (non-hydrogen) atoms. The zero-order valence-corrected chi connectivity index (χ0v) is 9.20. The van der Waals surface area contributed by atoms with Crippen molar-refractivity contribution >= 4 is 0 Å². The average molecular weight is 199 g/mol. The maximum absolute atomic E-state index is 8.70. The van der Waals surface area contributed by atoms with Crippen molar-refractivity contribution in [3.8, 4) is 6.07 Å². The van der Waals surface area contributed by atoms with E-state index in [2.05, 4.69) is 9.74 Å². The number of allylic oxidation sites excluding steroid dienone is 5. The molecule has 0 radical (unpaired) electrons. The first-order valence-corrected chi connectivity index (χ1v) is 4.67. The summed E-state index contributed by atoms with van der Waals surface area (Å²) in [7, 11) is 2.03. The van der Waals surface area contributed by atoms with Crippen LogP contribution in [-0.4, -0.2) is 18.5 Å². The molecule has 0 unspecified atom stereocenters. The van der Waals surface area contributed by atoms with Gasteiger partial charge < -0.3 is 4.90 Å². The minimum Gasteiger partial charge on any atom is -0.371 e. The van der Waals surface area contributed by atoms with E-state index in [4.69, 9.17) is 11.8 Å². The summed E-state index contributed by atoms with van der Waals surface area (Å²) in [5.74, 6) is 0. The van der Waals surface area contributed by atoms with Gasteiger partial charge in [-0.05, 0) is 25.5 Å². The van der Waals surface area contributed by atoms with Crippen molar-refractivity contribution in [3.63, 3.8) is 0 Å². The fraction of sp³-hybridized carbons (Fsp3) is 0.333. The lowest BCUT2D eigenvalue weighted by atomic mass is 10.1. The number of hydrogen-bond donors (Lipinski definition) is 0. The summed E-state index contributed by atoms with van der Waals surface area (Å²) < 4.78 is 0. The molecule has 0 spiro atoms. The number of nitriles is 1. The summed E-state index contributed by atoms with van der Waals surface area (Å²) in [4.78, 5) is 5.31. The van der Waals surface area contributed by atoms with Gasteiger partial charge in [0.05, 0.1) is 19.2 Å². The van der Waals surface area contributed by atoms with Gasteiger partial charge in [0.2, 0.25) is 0 Å². The lowest BCUT2D eigenvalue weighted by molar-refractivity contribution is 0.729. The highest BCUT2D eigenvalue weighted by atomic mass is 15.2. The van der Waals surface area contributed by atoms with Crippen molar-refractivity contribution in [1.82, 2.24) is 4.90 Å². The van der Waals surface area contributed by atoms with Crippen molar-refractivity contribution in [1.29, 1.82) is 5.26 Å². The summed E-state index contributed by atoms with van der Waals surface area (Å²) in [5.41, 5.74) is 3.18. The van der Waals surface area contributed by atoms with Crippen LogP contribution in [0.25, 0.3) is 4.85 Å². The lowest BCUT2D eigenvalue weighted by Gasteiger charge is -1.99. The lowest BCUT2D eigenvalue weighted by Crippen LogP contribution is -1.83. The first-order chi connectivity index (χ1) is 7.10. The van der Waals surface area contributed by atoms with E-state index in [9.17, 15) is 0 Å². The first-order valence-electron chi connectivity index (χ1n) is 4.67. The van der Waals surface area contributed by atoms with Crippen molar-refractivity contribution in [3.05, 3.63) is 46.1 Å². The minimum atomic E-state index is 0.173. The Morgan fingerprint density at radius 2 is 2.20 bits per heavy atom. The third-order valence-electron chi connectivity index (χ3n) is 2.48. The molecule has 1 aliphatic rings. The number of nitrogens with zero attached hydrogens (tertiary/aromatic N) is 3. The normalized spacial score (nSPS) is 19.4. The molecule has 0 bridgehead atoms. The van der Waals surface area contributed by atoms with E-state index < -0.39 is 0 Å². The largest absolute Gasteiger partial charge is 0.371 e. The van der Waals surface area contributed by atoms with Gasteiger partial charge in [0.1, 0.15) is 0 Å². The molecule has 0 aromatic heterocycles. The average Bonchev–Trinajstić information content (AvgIpc) is 2.92. The third kappa shape index (κ3) is 2.72. The molecule has 1 saturated heterocycles. The van der Waals surface area contributed by atoms with Crippen LogP contribution in [0.1, 0.15) is 13.8 Å². The molecule has 0 aliphatic carbocycles. The Hall–Kier alpha value is -2.00. The first kappa shape index (κ1) is 11.1. The summed E-state index contributed by atoms with van der Waals surface area (Å²) in [5, 5.41) is 8.70. The molecule has 3 nitrogen and oxygen atoms in total. The smallest absolute Gasteiger partial charge is 0.265 e. The van der Waals surface area contributed by atoms with Gasteiger partial charge in [-0.2, -0.15) is 0 Å². The van der Waals surface area contributed by atoms with Crippen LogP contribution < -0.4 is 0 Å². The van der Waals surface area contributed by atoms with Crippen LogP contribution in [0.2, 0.25) is 0 Å². The van der Waals surface area contributed by atoms with Crippen LogP contribution in [0.3, 0.4) is 0 Å². The van der Waals surface area contributed by atoms with Crippen LogP contribution in [0.5, 0.6) is 0 Å². The zero-order chi connectivity index (χ0) is 11.4. The van der Waals surface area contributed by atoms with E-state index in [0.717, 1.165) is 17.7 Å². The molecule has 1 fully saturated rings. The quantitative estimate of drug-likeness (QED) is 0.296. The molecule has 0 amide bonds. The predicted octanol–water partition coefficient (Wildman–Crippen LogP) is 2.48. The number of likely N-dealkylation sites (N-methyl/N-ethyl adjacent to an activating group) is 1. The second-order valence-corrected chi connectivity index (χ2v) is 3.56. The Morgan fingerprint density at radius 1 is 1.60 bits per heavy atom. The highest BCUT2D eigenvalue weighted by Gasteiger charge is 2.17. The topological polar surface area (TPSA) is 31.2 Å². The zero-order valence-electron chi connectivity index (χ0n) is 9.20. The van der Waals surface area contributed by atoms with E-state index in [1.54, 1.807) is 6.92 Å². The second kappa shape index (κ2) is 4.48. The van der Waals surface area contributed by atoms with Crippen molar-refractivity contribution < 1.29 is 0 Å². The minimum absolute atomic E-state index is 0.173. The van der Waals surface area contributed by atoms with Crippen molar-refractivity contribution in [2.45, 2.75) is 13.8 Å². The fourth-order valence-electron chi connectivity index (χ4n) is 1.11. The van der Waals surface area contributed by atoms with Gasteiger partial charge in [-0.1, -0.05) is 11.6 Å². The maximum Gasteiger partial charge on any atom is 0.265 e. The molecule has 3 heteroatoms. The summed E-state index contributed by atoms with van der Waals surface area (Å²) >= 11 is 0. The highest BCUT2D eigenvalue weighted by molar-refractivity contribution is 5.44. The molecule has 1 aliphatic heterocycles.